The Hall–Kier alpha value is -1.68. The lowest BCUT2D eigenvalue weighted by Crippen LogP contribution is -2.41. The van der Waals surface area contributed by atoms with Gasteiger partial charge in [-0.1, -0.05) is 48.9 Å². The Labute approximate surface area is 183 Å². The topological polar surface area (TPSA) is 70.6 Å². The van der Waals surface area contributed by atoms with Crippen molar-refractivity contribution < 1.29 is 12.8 Å². The van der Waals surface area contributed by atoms with Gasteiger partial charge in [-0.15, -0.1) is 24.0 Å². The Bertz CT molecular complexity index is 887. The SMILES string of the molecule is CN=C(NCCS(=O)(=O)c1ccccc1F)NCC(C)c1ccc(C)cc1.I. The molecular weight excluding hydrogens is 492 g/mol. The number of hydrogen-bond acceptors (Lipinski definition) is 3. The molecule has 0 radical (unpaired) electrons. The van der Waals surface area contributed by atoms with Gasteiger partial charge >= 0.3 is 0 Å². The van der Waals surface area contributed by atoms with Crippen molar-refractivity contribution >= 4 is 39.8 Å². The number of nitrogens with one attached hydrogen (secondary N) is 2. The van der Waals surface area contributed by atoms with Crippen molar-refractivity contribution in [3.05, 3.63) is 65.5 Å². The molecule has 2 N–H and O–H groups in total. The highest BCUT2D eigenvalue weighted by Crippen LogP contribution is 2.15. The Morgan fingerprint density at radius 1 is 1.11 bits per heavy atom. The van der Waals surface area contributed by atoms with Crippen LogP contribution in [-0.4, -0.2) is 40.3 Å². The third-order valence-electron chi connectivity index (χ3n) is 4.28. The quantitative estimate of drug-likeness (QED) is 0.334. The number of hydrogen-bond donors (Lipinski definition) is 2. The van der Waals surface area contributed by atoms with Gasteiger partial charge in [0.1, 0.15) is 10.7 Å². The molecule has 0 aliphatic carbocycles. The monoisotopic (exact) mass is 519 g/mol. The van der Waals surface area contributed by atoms with Crippen LogP contribution in [0, 0.1) is 12.7 Å². The van der Waals surface area contributed by atoms with Crippen LogP contribution in [0.1, 0.15) is 24.0 Å². The third kappa shape index (κ3) is 7.05. The normalized spacial score (nSPS) is 12.8. The minimum Gasteiger partial charge on any atom is -0.356 e. The first-order chi connectivity index (χ1) is 12.8. The van der Waals surface area contributed by atoms with Gasteiger partial charge in [-0.05, 0) is 30.5 Å². The molecule has 0 aromatic heterocycles. The van der Waals surface area contributed by atoms with Crippen LogP contribution in [0.4, 0.5) is 4.39 Å². The van der Waals surface area contributed by atoms with E-state index in [9.17, 15) is 12.8 Å². The van der Waals surface area contributed by atoms with E-state index in [1.807, 2.05) is 6.92 Å². The fourth-order valence-corrected chi connectivity index (χ4v) is 3.84. The zero-order valence-corrected chi connectivity index (χ0v) is 19.4. The molecule has 1 atom stereocenters. The van der Waals surface area contributed by atoms with Crippen molar-refractivity contribution in [2.24, 2.45) is 4.99 Å². The number of benzene rings is 2. The maximum Gasteiger partial charge on any atom is 0.191 e. The van der Waals surface area contributed by atoms with Gasteiger partial charge in [0, 0.05) is 20.1 Å². The lowest BCUT2D eigenvalue weighted by molar-refractivity contribution is 0.566. The van der Waals surface area contributed by atoms with Crippen LogP contribution < -0.4 is 10.6 Å². The van der Waals surface area contributed by atoms with E-state index in [2.05, 4.69) is 46.8 Å². The van der Waals surface area contributed by atoms with Gasteiger partial charge < -0.3 is 10.6 Å². The molecule has 0 heterocycles. The molecule has 2 aromatic rings. The van der Waals surface area contributed by atoms with Crippen molar-refractivity contribution in [2.75, 3.05) is 25.9 Å². The van der Waals surface area contributed by atoms with E-state index in [-0.39, 0.29) is 47.1 Å². The van der Waals surface area contributed by atoms with Gasteiger partial charge in [0.25, 0.3) is 0 Å². The molecule has 154 valence electrons. The molecule has 0 fully saturated rings. The first-order valence-corrected chi connectivity index (χ1v) is 10.5. The lowest BCUT2D eigenvalue weighted by Gasteiger charge is -2.16. The minimum atomic E-state index is -3.69. The zero-order chi connectivity index (χ0) is 19.9. The van der Waals surface area contributed by atoms with Crippen LogP contribution in [0.3, 0.4) is 0 Å². The number of sulfone groups is 1. The zero-order valence-electron chi connectivity index (χ0n) is 16.3. The van der Waals surface area contributed by atoms with E-state index in [0.717, 1.165) is 6.07 Å². The van der Waals surface area contributed by atoms with Crippen LogP contribution in [0.15, 0.2) is 58.4 Å². The van der Waals surface area contributed by atoms with E-state index in [1.54, 1.807) is 7.05 Å². The second-order valence-corrected chi connectivity index (χ2v) is 8.52. The summed E-state index contributed by atoms with van der Waals surface area (Å²) in [6.45, 7) is 4.94. The van der Waals surface area contributed by atoms with Crippen molar-refractivity contribution in [3.8, 4) is 0 Å². The molecule has 0 spiro atoms. The standard InChI is InChI=1S/C20H26FN3O2S.HI/c1-15-8-10-17(11-9-15)16(2)14-24-20(22-3)23-12-13-27(25,26)19-7-5-4-6-18(19)21;/h4-11,16H,12-14H2,1-3H3,(H2,22,23,24);1H. The summed E-state index contributed by atoms with van der Waals surface area (Å²) < 4.78 is 38.2. The fourth-order valence-electron chi connectivity index (χ4n) is 2.59. The molecule has 5 nitrogen and oxygen atoms in total. The van der Waals surface area contributed by atoms with Crippen LogP contribution in [0.25, 0.3) is 0 Å². The lowest BCUT2D eigenvalue weighted by atomic mass is 10.0. The summed E-state index contributed by atoms with van der Waals surface area (Å²) in [5.41, 5.74) is 2.43. The smallest absolute Gasteiger partial charge is 0.191 e. The highest BCUT2D eigenvalue weighted by molar-refractivity contribution is 14.0. The second kappa shape index (κ2) is 11.4. The Kier molecular flexibility index (Phi) is 9.88. The maximum absolute atomic E-state index is 13.7. The van der Waals surface area contributed by atoms with Crippen LogP contribution in [0.2, 0.25) is 0 Å². The maximum atomic E-state index is 13.7. The number of rotatable bonds is 7. The van der Waals surface area contributed by atoms with Crippen LogP contribution in [0.5, 0.6) is 0 Å². The minimum absolute atomic E-state index is 0. The number of halogens is 2. The number of guanidine groups is 1. The molecule has 0 amide bonds. The van der Waals surface area contributed by atoms with Gasteiger partial charge in [0.2, 0.25) is 0 Å². The van der Waals surface area contributed by atoms with Crippen molar-refractivity contribution in [2.45, 2.75) is 24.7 Å². The van der Waals surface area contributed by atoms with Crippen molar-refractivity contribution in [1.82, 2.24) is 10.6 Å². The van der Waals surface area contributed by atoms with Gasteiger partial charge in [-0.25, -0.2) is 12.8 Å². The van der Waals surface area contributed by atoms with E-state index >= 15 is 0 Å². The van der Waals surface area contributed by atoms with Gasteiger partial charge in [-0.3, -0.25) is 4.99 Å². The first-order valence-electron chi connectivity index (χ1n) is 8.82. The molecule has 2 rings (SSSR count). The molecule has 2 aromatic carbocycles. The predicted molar refractivity (Wildman–Crippen MR) is 123 cm³/mol. The van der Waals surface area contributed by atoms with Gasteiger partial charge in [0.15, 0.2) is 15.8 Å². The largest absolute Gasteiger partial charge is 0.356 e. The molecule has 8 heteroatoms. The summed E-state index contributed by atoms with van der Waals surface area (Å²) in [7, 11) is -2.07. The summed E-state index contributed by atoms with van der Waals surface area (Å²) in [6, 6.07) is 13.7. The number of aryl methyl sites for hydroxylation is 1. The van der Waals surface area contributed by atoms with Crippen molar-refractivity contribution in [1.29, 1.82) is 0 Å². The molecular formula is C20H27FIN3O2S. The molecule has 0 aliphatic heterocycles. The van der Waals surface area contributed by atoms with Crippen LogP contribution in [-0.2, 0) is 9.84 Å². The Balaban J connectivity index is 0.00000392. The van der Waals surface area contributed by atoms with Crippen molar-refractivity contribution in [3.63, 3.8) is 0 Å². The van der Waals surface area contributed by atoms with Crippen LogP contribution >= 0.6 is 24.0 Å². The highest BCUT2D eigenvalue weighted by atomic mass is 127. The summed E-state index contributed by atoms with van der Waals surface area (Å²) in [6.07, 6.45) is 0. The second-order valence-electron chi connectivity index (χ2n) is 6.44. The van der Waals surface area contributed by atoms with E-state index in [4.69, 9.17) is 0 Å². The number of nitrogens with zero attached hydrogens (tertiary/aromatic N) is 1. The summed E-state index contributed by atoms with van der Waals surface area (Å²) in [4.78, 5) is 3.83. The molecule has 0 aliphatic rings. The average Bonchev–Trinajstić information content (AvgIpc) is 2.65. The Morgan fingerprint density at radius 3 is 2.36 bits per heavy atom. The molecule has 0 bridgehead atoms. The highest BCUT2D eigenvalue weighted by Gasteiger charge is 2.18. The predicted octanol–water partition coefficient (Wildman–Crippen LogP) is 3.49. The molecule has 0 saturated heterocycles. The fraction of sp³-hybridized carbons (Fsp3) is 0.350. The van der Waals surface area contributed by atoms with Gasteiger partial charge in [0.05, 0.1) is 5.75 Å². The summed E-state index contributed by atoms with van der Waals surface area (Å²) in [5.74, 6) is -0.168. The third-order valence-corrected chi connectivity index (χ3v) is 6.02. The molecule has 28 heavy (non-hydrogen) atoms. The van der Waals surface area contributed by atoms with E-state index in [1.165, 1.54) is 29.3 Å². The number of aliphatic imine (C=N–C) groups is 1. The molecule has 1 unspecified atom stereocenters. The van der Waals surface area contributed by atoms with E-state index in [0.29, 0.717) is 12.5 Å². The molecule has 0 saturated carbocycles. The summed E-state index contributed by atoms with van der Waals surface area (Å²) >= 11 is 0. The first kappa shape index (κ1) is 24.4. The van der Waals surface area contributed by atoms with E-state index < -0.39 is 15.7 Å². The summed E-state index contributed by atoms with van der Waals surface area (Å²) in [5, 5.41) is 6.16. The average molecular weight is 519 g/mol. The van der Waals surface area contributed by atoms with Gasteiger partial charge in [-0.2, -0.15) is 0 Å². The Morgan fingerprint density at radius 2 is 1.75 bits per heavy atom.